The van der Waals surface area contributed by atoms with Crippen molar-refractivity contribution < 1.29 is 14.4 Å². The van der Waals surface area contributed by atoms with Gasteiger partial charge in [0.15, 0.2) is 0 Å². The van der Waals surface area contributed by atoms with E-state index in [4.69, 9.17) is 0 Å². The molecule has 5 rings (SSSR count). The number of hydrazone groups is 1. The van der Waals surface area contributed by atoms with Gasteiger partial charge in [-0.1, -0.05) is 84.9 Å². The van der Waals surface area contributed by atoms with Gasteiger partial charge in [0.05, 0.1) is 18.5 Å². The second-order valence-corrected chi connectivity index (χ2v) is 10.1. The number of nitrogens with zero attached hydrogens (tertiary/aromatic N) is 2. The van der Waals surface area contributed by atoms with E-state index in [0.29, 0.717) is 17.2 Å². The van der Waals surface area contributed by atoms with Crippen LogP contribution in [0.1, 0.15) is 22.8 Å². The molecule has 0 aliphatic carbocycles. The quantitative estimate of drug-likeness (QED) is 0.289. The van der Waals surface area contributed by atoms with Gasteiger partial charge in [-0.3, -0.25) is 14.4 Å². The third-order valence-electron chi connectivity index (χ3n) is 5.96. The standard InChI is InChI=1S/C31H26N4O3S/c36-28(19-22-11-4-1-5-12-22)32-24-15-10-18-26(20-24)39-30(23-13-6-2-7-14-23)31(38)33-27-21-29(37)35(34-27)25-16-8-3-9-17-25/h1-18,20,30H,19,21H2,(H,32,36)(H,33,34,38). The zero-order chi connectivity index (χ0) is 27.0. The van der Waals surface area contributed by atoms with Crippen LogP contribution >= 0.6 is 11.8 Å². The van der Waals surface area contributed by atoms with Crippen molar-refractivity contribution in [1.82, 2.24) is 5.32 Å². The first-order chi connectivity index (χ1) is 19.0. The maximum atomic E-state index is 13.5. The number of thioether (sulfide) groups is 1. The predicted octanol–water partition coefficient (Wildman–Crippen LogP) is 5.57. The largest absolute Gasteiger partial charge is 0.326 e. The molecule has 8 heteroatoms. The summed E-state index contributed by atoms with van der Waals surface area (Å²) in [5.41, 5.74) is 3.04. The molecule has 0 saturated heterocycles. The van der Waals surface area contributed by atoms with Gasteiger partial charge in [-0.05, 0) is 41.5 Å². The molecule has 194 valence electrons. The average molecular weight is 535 g/mol. The van der Waals surface area contributed by atoms with Crippen molar-refractivity contribution in [3.8, 4) is 0 Å². The minimum absolute atomic E-state index is 0.00966. The summed E-state index contributed by atoms with van der Waals surface area (Å²) in [5, 5.41) is 10.9. The van der Waals surface area contributed by atoms with Crippen LogP contribution in [0, 0.1) is 0 Å². The molecule has 7 nitrogen and oxygen atoms in total. The van der Waals surface area contributed by atoms with Crippen molar-refractivity contribution in [3.05, 3.63) is 126 Å². The van der Waals surface area contributed by atoms with Crippen LogP contribution in [0.3, 0.4) is 0 Å². The minimum atomic E-state index is -0.606. The molecule has 1 aliphatic heterocycles. The molecule has 2 N–H and O–H groups in total. The van der Waals surface area contributed by atoms with E-state index in [1.807, 2.05) is 103 Å². The second kappa shape index (κ2) is 12.2. The van der Waals surface area contributed by atoms with Crippen molar-refractivity contribution in [2.45, 2.75) is 23.0 Å². The van der Waals surface area contributed by atoms with Gasteiger partial charge in [-0.15, -0.1) is 11.8 Å². The molecule has 0 bridgehead atoms. The van der Waals surface area contributed by atoms with Crippen molar-refractivity contribution in [2.75, 3.05) is 10.3 Å². The van der Waals surface area contributed by atoms with Crippen LogP contribution in [0.4, 0.5) is 11.4 Å². The molecule has 1 unspecified atom stereocenters. The number of carbonyl (C=O) groups excluding carboxylic acids is 3. The summed E-state index contributed by atoms with van der Waals surface area (Å²) in [6.45, 7) is 0. The van der Waals surface area contributed by atoms with Gasteiger partial charge in [0.25, 0.3) is 5.91 Å². The lowest BCUT2D eigenvalue weighted by Crippen LogP contribution is -2.33. The van der Waals surface area contributed by atoms with Crippen LogP contribution in [0.25, 0.3) is 0 Å². The Hall–Kier alpha value is -4.69. The summed E-state index contributed by atoms with van der Waals surface area (Å²) in [4.78, 5) is 39.4. The van der Waals surface area contributed by atoms with Crippen LogP contribution in [0.15, 0.2) is 125 Å². The Kier molecular flexibility index (Phi) is 8.14. The van der Waals surface area contributed by atoms with Crippen molar-refractivity contribution in [2.24, 2.45) is 5.10 Å². The zero-order valence-electron chi connectivity index (χ0n) is 21.0. The van der Waals surface area contributed by atoms with Crippen molar-refractivity contribution >= 4 is 46.7 Å². The van der Waals surface area contributed by atoms with Gasteiger partial charge in [0, 0.05) is 10.6 Å². The van der Waals surface area contributed by atoms with E-state index in [0.717, 1.165) is 16.0 Å². The van der Waals surface area contributed by atoms with Crippen LogP contribution in [0.5, 0.6) is 0 Å². The summed E-state index contributed by atoms with van der Waals surface area (Å²) in [6, 6.07) is 35.5. The molecule has 0 radical (unpaired) electrons. The average Bonchev–Trinajstić information content (AvgIpc) is 3.33. The fraction of sp³-hybridized carbons (Fsp3) is 0.0968. The molecule has 39 heavy (non-hydrogen) atoms. The predicted molar refractivity (Wildman–Crippen MR) is 154 cm³/mol. The molecule has 4 aromatic rings. The molecular weight excluding hydrogens is 508 g/mol. The molecule has 1 atom stereocenters. The van der Waals surface area contributed by atoms with Crippen molar-refractivity contribution in [3.63, 3.8) is 0 Å². The van der Waals surface area contributed by atoms with Gasteiger partial charge >= 0.3 is 0 Å². The van der Waals surface area contributed by atoms with Gasteiger partial charge < -0.3 is 10.6 Å². The summed E-state index contributed by atoms with van der Waals surface area (Å²) in [5.74, 6) is -0.310. The van der Waals surface area contributed by atoms with E-state index in [1.54, 1.807) is 12.1 Å². The molecule has 3 amide bonds. The number of hydrogen-bond acceptors (Lipinski definition) is 5. The minimum Gasteiger partial charge on any atom is -0.326 e. The number of hydrogen-bond donors (Lipinski definition) is 2. The number of amides is 3. The second-order valence-electron chi connectivity index (χ2n) is 8.90. The van der Waals surface area contributed by atoms with E-state index < -0.39 is 5.25 Å². The number of para-hydroxylation sites is 1. The Morgan fingerprint density at radius 1 is 0.821 bits per heavy atom. The third kappa shape index (κ3) is 6.80. The smallest absolute Gasteiger partial charge is 0.255 e. The number of carbonyl (C=O) groups is 3. The van der Waals surface area contributed by atoms with Gasteiger partial charge in [0.2, 0.25) is 11.8 Å². The molecule has 0 aromatic heterocycles. The molecule has 0 saturated carbocycles. The summed E-state index contributed by atoms with van der Waals surface area (Å²) < 4.78 is 0. The number of amidine groups is 1. The lowest BCUT2D eigenvalue weighted by Gasteiger charge is -2.17. The van der Waals surface area contributed by atoms with E-state index in [2.05, 4.69) is 15.7 Å². The highest BCUT2D eigenvalue weighted by atomic mass is 32.2. The number of nitrogens with one attached hydrogen (secondary N) is 2. The fourth-order valence-corrected chi connectivity index (χ4v) is 5.23. The molecule has 0 fully saturated rings. The maximum Gasteiger partial charge on any atom is 0.255 e. The van der Waals surface area contributed by atoms with Gasteiger partial charge in [-0.2, -0.15) is 10.1 Å². The lowest BCUT2D eigenvalue weighted by atomic mass is 10.1. The summed E-state index contributed by atoms with van der Waals surface area (Å²) >= 11 is 1.36. The fourth-order valence-electron chi connectivity index (χ4n) is 4.15. The van der Waals surface area contributed by atoms with Crippen LogP contribution in [-0.4, -0.2) is 23.6 Å². The Balaban J connectivity index is 1.30. The van der Waals surface area contributed by atoms with E-state index in [1.165, 1.54) is 16.8 Å². The highest BCUT2D eigenvalue weighted by Crippen LogP contribution is 2.36. The van der Waals surface area contributed by atoms with E-state index in [9.17, 15) is 14.4 Å². The van der Waals surface area contributed by atoms with Gasteiger partial charge in [0.1, 0.15) is 11.1 Å². The molecular formula is C31H26N4O3S. The topological polar surface area (TPSA) is 90.9 Å². The third-order valence-corrected chi connectivity index (χ3v) is 7.21. The van der Waals surface area contributed by atoms with Crippen LogP contribution < -0.4 is 15.6 Å². The monoisotopic (exact) mass is 534 g/mol. The highest BCUT2D eigenvalue weighted by molar-refractivity contribution is 8.00. The first kappa shape index (κ1) is 25.9. The summed E-state index contributed by atoms with van der Waals surface area (Å²) in [6.07, 6.45) is 0.282. The number of benzene rings is 4. The zero-order valence-corrected chi connectivity index (χ0v) is 21.8. The Morgan fingerprint density at radius 2 is 1.49 bits per heavy atom. The Labute approximate surface area is 230 Å². The maximum absolute atomic E-state index is 13.5. The normalized spacial score (nSPS) is 13.5. The van der Waals surface area contributed by atoms with Crippen LogP contribution in [0.2, 0.25) is 0 Å². The lowest BCUT2D eigenvalue weighted by molar-refractivity contribution is -0.119. The number of rotatable bonds is 8. The molecule has 1 aliphatic rings. The Morgan fingerprint density at radius 3 is 2.21 bits per heavy atom. The van der Waals surface area contributed by atoms with Crippen LogP contribution in [-0.2, 0) is 20.8 Å². The van der Waals surface area contributed by atoms with Gasteiger partial charge in [-0.25, -0.2) is 0 Å². The first-order valence-corrected chi connectivity index (χ1v) is 13.3. The highest BCUT2D eigenvalue weighted by Gasteiger charge is 2.29. The van der Waals surface area contributed by atoms with E-state index >= 15 is 0 Å². The van der Waals surface area contributed by atoms with E-state index in [-0.39, 0.29) is 30.6 Å². The Bertz CT molecular complexity index is 1490. The van der Waals surface area contributed by atoms with Crippen molar-refractivity contribution in [1.29, 1.82) is 0 Å². The summed E-state index contributed by atoms with van der Waals surface area (Å²) in [7, 11) is 0. The SMILES string of the molecule is O=C(Cc1ccccc1)Nc1cccc(SC(C(=O)NC2=NN(c3ccccc3)C(=O)C2)c2ccccc2)c1. The first-order valence-electron chi connectivity index (χ1n) is 12.5. The molecule has 4 aromatic carbocycles. The molecule has 0 spiro atoms. The molecule has 1 heterocycles. The number of anilines is 2.